The second-order valence-electron chi connectivity index (χ2n) is 6.34. The second-order valence-corrected chi connectivity index (χ2v) is 6.34. The summed E-state index contributed by atoms with van der Waals surface area (Å²) >= 11 is 0. The van der Waals surface area contributed by atoms with Crippen LogP contribution in [0, 0.1) is 11.6 Å². The summed E-state index contributed by atoms with van der Waals surface area (Å²) in [6.07, 6.45) is 1.11. The molecule has 0 bridgehead atoms. The van der Waals surface area contributed by atoms with Gasteiger partial charge in [0.05, 0.1) is 16.9 Å². The van der Waals surface area contributed by atoms with Gasteiger partial charge in [0.2, 0.25) is 5.91 Å². The first-order valence-corrected chi connectivity index (χ1v) is 8.66. The molecule has 2 N–H and O–H groups in total. The number of carbonyl (C=O) groups is 1. The monoisotopic (exact) mass is 371 g/mol. The number of hydrogen-bond acceptors (Lipinski definition) is 3. The molecule has 0 aliphatic heterocycles. The molecule has 0 aliphatic rings. The highest BCUT2D eigenvalue weighted by molar-refractivity contribution is 5.77. The average molecular weight is 371 g/mol. The van der Waals surface area contributed by atoms with E-state index in [-0.39, 0.29) is 23.5 Å². The van der Waals surface area contributed by atoms with Crippen LogP contribution in [-0.2, 0) is 11.2 Å². The maximum atomic E-state index is 13.8. The van der Waals surface area contributed by atoms with Crippen LogP contribution in [0.25, 0.3) is 10.9 Å². The molecule has 140 valence electrons. The minimum Gasteiger partial charge on any atom is -0.349 e. The van der Waals surface area contributed by atoms with Crippen LogP contribution in [-0.4, -0.2) is 15.9 Å². The quantitative estimate of drug-likeness (QED) is 0.697. The Kier molecular flexibility index (Phi) is 5.59. The summed E-state index contributed by atoms with van der Waals surface area (Å²) < 4.78 is 26.7. The van der Waals surface area contributed by atoms with Crippen LogP contribution in [0.5, 0.6) is 0 Å². The summed E-state index contributed by atoms with van der Waals surface area (Å²) in [6, 6.07) is 9.74. The molecule has 0 fully saturated rings. The van der Waals surface area contributed by atoms with E-state index >= 15 is 0 Å². The lowest BCUT2D eigenvalue weighted by Gasteiger charge is -2.15. The maximum absolute atomic E-state index is 13.8. The first kappa shape index (κ1) is 18.7. The van der Waals surface area contributed by atoms with E-state index in [0.29, 0.717) is 29.6 Å². The van der Waals surface area contributed by atoms with Gasteiger partial charge in [-0.1, -0.05) is 18.2 Å². The number of H-pyrrole nitrogens is 1. The van der Waals surface area contributed by atoms with Crippen molar-refractivity contribution in [3.63, 3.8) is 0 Å². The molecule has 3 aromatic rings. The molecule has 0 aliphatic carbocycles. The molecule has 1 atom stereocenters. The van der Waals surface area contributed by atoms with Gasteiger partial charge in [0.1, 0.15) is 17.5 Å². The number of para-hydroxylation sites is 1. The summed E-state index contributed by atoms with van der Waals surface area (Å²) in [5.41, 5.74) is 0.631. The van der Waals surface area contributed by atoms with Crippen molar-refractivity contribution in [1.82, 2.24) is 15.3 Å². The molecule has 1 amide bonds. The van der Waals surface area contributed by atoms with Gasteiger partial charge < -0.3 is 10.3 Å². The fraction of sp³-hybridized carbons (Fsp3) is 0.250. The summed E-state index contributed by atoms with van der Waals surface area (Å²) in [7, 11) is 0. The highest BCUT2D eigenvalue weighted by Gasteiger charge is 2.14. The molecular formula is C20H19F2N3O2. The Bertz CT molecular complexity index is 1030. The Morgan fingerprint density at radius 2 is 2.00 bits per heavy atom. The van der Waals surface area contributed by atoms with Gasteiger partial charge in [-0.3, -0.25) is 9.59 Å². The molecule has 1 heterocycles. The standard InChI is InChI=1S/C20H19F2N3O2/c1-12(14-10-9-13(21)11-16(14)22)23-19(26)8-4-7-18-24-17-6-3-2-5-15(17)20(27)25-18/h2-3,5-6,9-12H,4,7-8H2,1H3,(H,23,26)(H,24,25,27)/t12-/m0/s1. The third kappa shape index (κ3) is 4.55. The number of aromatic nitrogens is 2. The van der Waals surface area contributed by atoms with Crippen LogP contribution >= 0.6 is 0 Å². The van der Waals surface area contributed by atoms with Gasteiger partial charge in [0.15, 0.2) is 0 Å². The van der Waals surface area contributed by atoms with Crippen molar-refractivity contribution >= 4 is 16.8 Å². The molecule has 27 heavy (non-hydrogen) atoms. The van der Waals surface area contributed by atoms with E-state index in [1.54, 1.807) is 25.1 Å². The van der Waals surface area contributed by atoms with E-state index in [1.165, 1.54) is 6.07 Å². The average Bonchev–Trinajstić information content (AvgIpc) is 2.61. The van der Waals surface area contributed by atoms with Gasteiger partial charge in [-0.2, -0.15) is 0 Å². The van der Waals surface area contributed by atoms with Crippen molar-refractivity contribution in [1.29, 1.82) is 0 Å². The highest BCUT2D eigenvalue weighted by atomic mass is 19.1. The summed E-state index contributed by atoms with van der Waals surface area (Å²) in [5, 5.41) is 3.21. The predicted octanol–water partition coefficient (Wildman–Crippen LogP) is 3.40. The van der Waals surface area contributed by atoms with Crippen molar-refractivity contribution in [2.45, 2.75) is 32.2 Å². The van der Waals surface area contributed by atoms with Crippen LogP contribution in [0.2, 0.25) is 0 Å². The number of hydrogen-bond donors (Lipinski definition) is 2. The van der Waals surface area contributed by atoms with E-state index in [1.807, 2.05) is 6.07 Å². The topological polar surface area (TPSA) is 74.8 Å². The predicted molar refractivity (Wildman–Crippen MR) is 98.2 cm³/mol. The van der Waals surface area contributed by atoms with Crippen LogP contribution in [0.4, 0.5) is 8.78 Å². The minimum atomic E-state index is -0.694. The third-order valence-electron chi connectivity index (χ3n) is 4.29. The van der Waals surface area contributed by atoms with Gasteiger partial charge >= 0.3 is 0 Å². The lowest BCUT2D eigenvalue weighted by Crippen LogP contribution is -2.27. The largest absolute Gasteiger partial charge is 0.349 e. The minimum absolute atomic E-state index is 0.198. The van der Waals surface area contributed by atoms with E-state index in [9.17, 15) is 18.4 Å². The SMILES string of the molecule is C[C@H](NC(=O)CCCc1nc2ccccc2c(=O)[nH]1)c1ccc(F)cc1F. The zero-order valence-corrected chi connectivity index (χ0v) is 14.8. The number of nitrogens with one attached hydrogen (secondary N) is 2. The van der Waals surface area contributed by atoms with Gasteiger partial charge in [-0.05, 0) is 31.5 Å². The Labute approximate surface area is 154 Å². The number of fused-ring (bicyclic) bond motifs is 1. The smallest absolute Gasteiger partial charge is 0.258 e. The molecule has 5 nitrogen and oxygen atoms in total. The number of nitrogens with zero attached hydrogens (tertiary/aromatic N) is 1. The number of amides is 1. The molecule has 0 spiro atoms. The lowest BCUT2D eigenvalue weighted by molar-refractivity contribution is -0.121. The van der Waals surface area contributed by atoms with Gasteiger partial charge in [-0.15, -0.1) is 0 Å². The molecule has 0 radical (unpaired) electrons. The Balaban J connectivity index is 1.56. The Morgan fingerprint density at radius 3 is 2.78 bits per heavy atom. The number of rotatable bonds is 6. The Morgan fingerprint density at radius 1 is 1.22 bits per heavy atom. The van der Waals surface area contributed by atoms with Gasteiger partial charge in [-0.25, -0.2) is 13.8 Å². The number of benzene rings is 2. The lowest BCUT2D eigenvalue weighted by atomic mass is 10.1. The summed E-state index contributed by atoms with van der Waals surface area (Å²) in [4.78, 5) is 31.2. The van der Waals surface area contributed by atoms with Gasteiger partial charge in [0, 0.05) is 24.5 Å². The van der Waals surface area contributed by atoms with Crippen LogP contribution in [0.3, 0.4) is 0 Å². The molecule has 0 saturated carbocycles. The molecule has 3 rings (SSSR count). The first-order valence-electron chi connectivity index (χ1n) is 8.66. The normalized spacial score (nSPS) is 12.1. The highest BCUT2D eigenvalue weighted by Crippen LogP contribution is 2.18. The zero-order valence-electron chi connectivity index (χ0n) is 14.8. The molecule has 1 aromatic heterocycles. The third-order valence-corrected chi connectivity index (χ3v) is 4.29. The molecular weight excluding hydrogens is 352 g/mol. The van der Waals surface area contributed by atoms with Crippen molar-refractivity contribution in [2.75, 3.05) is 0 Å². The molecule has 0 unspecified atom stereocenters. The number of halogens is 2. The van der Waals surface area contributed by atoms with Crippen molar-refractivity contribution in [2.24, 2.45) is 0 Å². The first-order chi connectivity index (χ1) is 12.9. The Hall–Kier alpha value is -3.09. The zero-order chi connectivity index (χ0) is 19.4. The van der Waals surface area contributed by atoms with E-state index in [2.05, 4.69) is 15.3 Å². The second kappa shape index (κ2) is 8.07. The van der Waals surface area contributed by atoms with E-state index < -0.39 is 17.7 Å². The van der Waals surface area contributed by atoms with Crippen LogP contribution in [0.15, 0.2) is 47.3 Å². The van der Waals surface area contributed by atoms with E-state index in [4.69, 9.17) is 0 Å². The van der Waals surface area contributed by atoms with Crippen molar-refractivity contribution < 1.29 is 13.6 Å². The molecule has 7 heteroatoms. The summed E-state index contributed by atoms with van der Waals surface area (Å²) in [5.74, 6) is -1.09. The number of aryl methyl sites for hydroxylation is 1. The van der Waals surface area contributed by atoms with Crippen molar-refractivity contribution in [3.05, 3.63) is 75.8 Å². The summed E-state index contributed by atoms with van der Waals surface area (Å²) in [6.45, 7) is 1.64. The number of aromatic amines is 1. The maximum Gasteiger partial charge on any atom is 0.258 e. The number of carbonyl (C=O) groups excluding carboxylic acids is 1. The van der Waals surface area contributed by atoms with Crippen molar-refractivity contribution in [3.8, 4) is 0 Å². The fourth-order valence-corrected chi connectivity index (χ4v) is 2.91. The van der Waals surface area contributed by atoms with Crippen LogP contribution in [0.1, 0.15) is 37.2 Å². The molecule has 0 saturated heterocycles. The molecule has 2 aromatic carbocycles. The van der Waals surface area contributed by atoms with Gasteiger partial charge in [0.25, 0.3) is 5.56 Å². The van der Waals surface area contributed by atoms with E-state index in [0.717, 1.165) is 12.1 Å². The van der Waals surface area contributed by atoms with Crippen LogP contribution < -0.4 is 10.9 Å². The fourth-order valence-electron chi connectivity index (χ4n) is 2.91.